The second kappa shape index (κ2) is 6.87. The summed E-state index contributed by atoms with van der Waals surface area (Å²) in [4.78, 5) is 19.9. The molecule has 0 amide bonds. The third kappa shape index (κ3) is 4.16. The maximum Gasteiger partial charge on any atom is 0.356 e. The number of anilines is 1. The van der Waals surface area contributed by atoms with Gasteiger partial charge in [-0.3, -0.25) is 0 Å². The van der Waals surface area contributed by atoms with E-state index in [1.807, 2.05) is 13.8 Å². The van der Waals surface area contributed by atoms with Crippen molar-refractivity contribution in [3.8, 4) is 0 Å². The number of carbonyl (C=O) groups is 1. The van der Waals surface area contributed by atoms with Gasteiger partial charge in [0.1, 0.15) is 5.82 Å². The molecule has 0 aliphatic heterocycles. The van der Waals surface area contributed by atoms with Gasteiger partial charge in [0.15, 0.2) is 5.69 Å². The van der Waals surface area contributed by atoms with Crippen molar-refractivity contribution < 1.29 is 9.90 Å². The molecule has 0 radical (unpaired) electrons. The van der Waals surface area contributed by atoms with Gasteiger partial charge >= 0.3 is 5.97 Å². The van der Waals surface area contributed by atoms with Crippen LogP contribution in [0.2, 0.25) is 0 Å². The fourth-order valence-corrected chi connectivity index (χ4v) is 2.79. The monoisotopic (exact) mass is 291 g/mol. The molecule has 5 heteroatoms. The largest absolute Gasteiger partial charge is 0.476 e. The van der Waals surface area contributed by atoms with E-state index in [4.69, 9.17) is 0 Å². The summed E-state index contributed by atoms with van der Waals surface area (Å²) in [7, 11) is 0. The number of aromatic carboxylic acids is 1. The highest BCUT2D eigenvalue weighted by Gasteiger charge is 2.20. The predicted octanol–water partition coefficient (Wildman–Crippen LogP) is 3.68. The second-order valence-electron chi connectivity index (χ2n) is 6.41. The lowest BCUT2D eigenvalue weighted by atomic mass is 10.0. The third-order valence-electron chi connectivity index (χ3n) is 4.14. The summed E-state index contributed by atoms with van der Waals surface area (Å²) in [5, 5.41) is 12.7. The normalized spacial score (nSPS) is 22.9. The smallest absolute Gasteiger partial charge is 0.356 e. The predicted molar refractivity (Wildman–Crippen MR) is 82.7 cm³/mol. The van der Waals surface area contributed by atoms with E-state index in [-0.39, 0.29) is 11.6 Å². The van der Waals surface area contributed by atoms with Gasteiger partial charge in [0, 0.05) is 12.0 Å². The zero-order valence-electron chi connectivity index (χ0n) is 13.1. The van der Waals surface area contributed by atoms with Crippen LogP contribution in [0.25, 0.3) is 0 Å². The van der Waals surface area contributed by atoms with Crippen LogP contribution < -0.4 is 5.32 Å². The SMILES string of the molecule is CC1CCCC(Nc2cnc(C(C)C)nc2C(=O)O)CC1. The first kappa shape index (κ1) is 15.7. The number of hydrogen-bond donors (Lipinski definition) is 2. The summed E-state index contributed by atoms with van der Waals surface area (Å²) >= 11 is 0. The number of carboxylic acids is 1. The molecule has 1 aliphatic rings. The molecule has 0 spiro atoms. The minimum atomic E-state index is -0.996. The van der Waals surface area contributed by atoms with Crippen molar-refractivity contribution in [1.29, 1.82) is 0 Å². The molecule has 0 aromatic carbocycles. The molecule has 1 saturated carbocycles. The number of nitrogens with one attached hydrogen (secondary N) is 1. The molecule has 1 fully saturated rings. The van der Waals surface area contributed by atoms with Gasteiger partial charge in [0.05, 0.1) is 11.9 Å². The topological polar surface area (TPSA) is 75.1 Å². The molecular weight excluding hydrogens is 266 g/mol. The van der Waals surface area contributed by atoms with Gasteiger partial charge in [0.2, 0.25) is 0 Å². The minimum Gasteiger partial charge on any atom is -0.476 e. The van der Waals surface area contributed by atoms with Crippen molar-refractivity contribution in [2.45, 2.75) is 64.8 Å². The first-order valence-corrected chi connectivity index (χ1v) is 7.84. The Hall–Kier alpha value is -1.65. The van der Waals surface area contributed by atoms with Crippen LogP contribution in [-0.4, -0.2) is 27.1 Å². The van der Waals surface area contributed by atoms with E-state index in [2.05, 4.69) is 22.2 Å². The maximum absolute atomic E-state index is 11.4. The summed E-state index contributed by atoms with van der Waals surface area (Å²) in [5.74, 6) is 0.461. The van der Waals surface area contributed by atoms with Crippen LogP contribution in [0.5, 0.6) is 0 Å². The summed E-state index contributed by atoms with van der Waals surface area (Å²) in [6.45, 7) is 6.20. The average Bonchev–Trinajstić information content (AvgIpc) is 2.63. The van der Waals surface area contributed by atoms with Crippen LogP contribution in [0.3, 0.4) is 0 Å². The average molecular weight is 291 g/mol. The van der Waals surface area contributed by atoms with Gasteiger partial charge in [-0.05, 0) is 25.2 Å². The Morgan fingerprint density at radius 1 is 1.33 bits per heavy atom. The summed E-state index contributed by atoms with van der Waals surface area (Å²) < 4.78 is 0. The van der Waals surface area contributed by atoms with Gasteiger partial charge in [-0.2, -0.15) is 0 Å². The highest BCUT2D eigenvalue weighted by molar-refractivity contribution is 5.91. The van der Waals surface area contributed by atoms with E-state index in [0.717, 1.165) is 18.8 Å². The van der Waals surface area contributed by atoms with E-state index >= 15 is 0 Å². The van der Waals surface area contributed by atoms with Crippen molar-refractivity contribution in [3.05, 3.63) is 17.7 Å². The Kier molecular flexibility index (Phi) is 5.15. The van der Waals surface area contributed by atoms with E-state index < -0.39 is 5.97 Å². The fraction of sp³-hybridized carbons (Fsp3) is 0.688. The molecule has 2 rings (SSSR count). The first-order valence-electron chi connectivity index (χ1n) is 7.84. The molecule has 2 N–H and O–H groups in total. The molecule has 2 unspecified atom stereocenters. The molecule has 5 nitrogen and oxygen atoms in total. The van der Waals surface area contributed by atoms with E-state index in [1.165, 1.54) is 19.3 Å². The van der Waals surface area contributed by atoms with Crippen molar-refractivity contribution in [1.82, 2.24) is 9.97 Å². The fourth-order valence-electron chi connectivity index (χ4n) is 2.79. The third-order valence-corrected chi connectivity index (χ3v) is 4.14. The number of carboxylic acid groups (broad SMARTS) is 1. The van der Waals surface area contributed by atoms with E-state index in [0.29, 0.717) is 17.6 Å². The van der Waals surface area contributed by atoms with Crippen LogP contribution in [0, 0.1) is 5.92 Å². The van der Waals surface area contributed by atoms with Crippen LogP contribution in [-0.2, 0) is 0 Å². The Labute approximate surface area is 126 Å². The van der Waals surface area contributed by atoms with Gasteiger partial charge < -0.3 is 10.4 Å². The number of hydrogen-bond acceptors (Lipinski definition) is 4. The molecule has 1 aromatic rings. The zero-order chi connectivity index (χ0) is 15.4. The summed E-state index contributed by atoms with van der Waals surface area (Å²) in [6, 6.07) is 0.321. The molecule has 21 heavy (non-hydrogen) atoms. The first-order chi connectivity index (χ1) is 9.97. The van der Waals surface area contributed by atoms with Gasteiger partial charge in [-0.25, -0.2) is 14.8 Å². The van der Waals surface area contributed by atoms with Crippen molar-refractivity contribution in [2.24, 2.45) is 5.92 Å². The lowest BCUT2D eigenvalue weighted by molar-refractivity contribution is 0.0691. The molecule has 1 aromatic heterocycles. The molecule has 0 bridgehead atoms. The zero-order valence-corrected chi connectivity index (χ0v) is 13.1. The quantitative estimate of drug-likeness (QED) is 0.828. The van der Waals surface area contributed by atoms with Gasteiger partial charge in [0.25, 0.3) is 0 Å². The van der Waals surface area contributed by atoms with Crippen molar-refractivity contribution in [3.63, 3.8) is 0 Å². The summed E-state index contributed by atoms with van der Waals surface area (Å²) in [6.07, 6.45) is 7.41. The van der Waals surface area contributed by atoms with Crippen molar-refractivity contribution in [2.75, 3.05) is 5.32 Å². The Morgan fingerprint density at radius 3 is 2.76 bits per heavy atom. The number of aromatic nitrogens is 2. The molecule has 116 valence electrons. The van der Waals surface area contributed by atoms with Crippen LogP contribution in [0.4, 0.5) is 5.69 Å². The molecule has 1 aliphatic carbocycles. The van der Waals surface area contributed by atoms with Gasteiger partial charge in [-0.1, -0.05) is 33.6 Å². The molecule has 0 saturated heterocycles. The minimum absolute atomic E-state index is 0.0889. The lowest BCUT2D eigenvalue weighted by Crippen LogP contribution is -2.21. The lowest BCUT2D eigenvalue weighted by Gasteiger charge is -2.19. The molecular formula is C16H25N3O2. The number of rotatable bonds is 4. The maximum atomic E-state index is 11.4. The highest BCUT2D eigenvalue weighted by atomic mass is 16.4. The van der Waals surface area contributed by atoms with Crippen LogP contribution in [0.1, 0.15) is 75.1 Å². The van der Waals surface area contributed by atoms with Gasteiger partial charge in [-0.15, -0.1) is 0 Å². The van der Waals surface area contributed by atoms with E-state index in [9.17, 15) is 9.90 Å². The Morgan fingerprint density at radius 2 is 2.10 bits per heavy atom. The molecule has 1 heterocycles. The summed E-state index contributed by atoms with van der Waals surface area (Å²) in [5.41, 5.74) is 0.637. The second-order valence-corrected chi connectivity index (χ2v) is 6.41. The highest BCUT2D eigenvalue weighted by Crippen LogP contribution is 2.26. The van der Waals surface area contributed by atoms with Crippen molar-refractivity contribution >= 4 is 11.7 Å². The Bertz CT molecular complexity index is 502. The molecule has 2 atom stereocenters. The van der Waals surface area contributed by atoms with Crippen LogP contribution in [0.15, 0.2) is 6.20 Å². The van der Waals surface area contributed by atoms with Crippen LogP contribution >= 0.6 is 0 Å². The van der Waals surface area contributed by atoms with E-state index in [1.54, 1.807) is 6.20 Å². The Balaban J connectivity index is 2.17. The number of nitrogens with zero attached hydrogens (tertiary/aromatic N) is 2. The standard InChI is InChI=1S/C16H25N3O2/c1-10(2)15-17-9-13(14(19-15)16(20)21)18-12-6-4-5-11(3)7-8-12/h9-12,18H,4-8H2,1-3H3,(H,20,21).